The summed E-state index contributed by atoms with van der Waals surface area (Å²) in [6, 6.07) is 11.9. The number of ether oxygens (including phenoxy) is 4. The van der Waals surface area contributed by atoms with Crippen molar-refractivity contribution in [1.82, 2.24) is 15.0 Å². The number of hydrogen-bond donors (Lipinski definition) is 4. The lowest BCUT2D eigenvalue weighted by Crippen LogP contribution is -2.56. The van der Waals surface area contributed by atoms with Gasteiger partial charge in [0.25, 0.3) is 0 Å². The molecule has 1 saturated heterocycles. The zero-order valence-corrected chi connectivity index (χ0v) is 20.7. The third kappa shape index (κ3) is 6.01. The Labute approximate surface area is 218 Å². The summed E-state index contributed by atoms with van der Waals surface area (Å²) in [4.78, 5) is 12.6. The summed E-state index contributed by atoms with van der Waals surface area (Å²) in [6.45, 7) is -0.513. The van der Waals surface area contributed by atoms with Crippen LogP contribution in [0.3, 0.4) is 0 Å². The summed E-state index contributed by atoms with van der Waals surface area (Å²) in [5, 5.41) is 47.3. The van der Waals surface area contributed by atoms with Gasteiger partial charge in [-0.1, -0.05) is 17.4 Å². The molecule has 0 aliphatic carbocycles. The van der Waals surface area contributed by atoms with E-state index < -0.39 is 37.3 Å². The number of allylic oxidation sites excluding steroid dienone is 1. The van der Waals surface area contributed by atoms with Crippen LogP contribution in [0.2, 0.25) is 0 Å². The van der Waals surface area contributed by atoms with Crippen molar-refractivity contribution in [2.24, 2.45) is 0 Å². The Morgan fingerprint density at radius 3 is 2.45 bits per heavy atom. The molecule has 0 saturated carbocycles. The van der Waals surface area contributed by atoms with Gasteiger partial charge in [0.2, 0.25) is 0 Å². The van der Waals surface area contributed by atoms with Crippen LogP contribution >= 0.6 is 0 Å². The van der Waals surface area contributed by atoms with Crippen molar-refractivity contribution in [1.29, 1.82) is 0 Å². The van der Waals surface area contributed by atoms with E-state index in [0.717, 1.165) is 5.56 Å². The highest BCUT2D eigenvalue weighted by atomic mass is 16.6. The molecule has 0 spiro atoms. The predicted octanol–water partition coefficient (Wildman–Crippen LogP) is 0.743. The minimum atomic E-state index is -1.52. The van der Waals surface area contributed by atoms with E-state index in [9.17, 15) is 25.2 Å². The molecule has 4 N–H and O–H groups in total. The molecule has 0 unspecified atom stereocenters. The minimum absolute atomic E-state index is 0.0317. The molecule has 12 nitrogen and oxygen atoms in total. The van der Waals surface area contributed by atoms with Crippen molar-refractivity contribution in [2.45, 2.75) is 37.3 Å². The summed E-state index contributed by atoms with van der Waals surface area (Å²) in [5.41, 5.74) is 1.66. The summed E-state index contributed by atoms with van der Waals surface area (Å²) >= 11 is 0. The minimum Gasteiger partial charge on any atom is -0.493 e. The van der Waals surface area contributed by atoms with Crippen LogP contribution in [0.4, 0.5) is 0 Å². The zero-order valence-electron chi connectivity index (χ0n) is 20.7. The number of aliphatic hydroxyl groups excluding tert-OH is 4. The number of hydrogen-bond acceptors (Lipinski definition) is 11. The molecule has 202 valence electrons. The average Bonchev–Trinajstić information content (AvgIpc) is 3.42. The van der Waals surface area contributed by atoms with Crippen molar-refractivity contribution in [3.63, 3.8) is 0 Å². The number of carbonyl (C=O) groups is 1. The maximum atomic E-state index is 12.6. The first-order valence-electron chi connectivity index (χ1n) is 11.7. The molecule has 0 amide bonds. The molecular weight excluding hydrogens is 498 g/mol. The van der Waals surface area contributed by atoms with Gasteiger partial charge in [-0.15, -0.1) is 5.10 Å². The maximum absolute atomic E-state index is 12.6. The number of benzene rings is 2. The Morgan fingerprint density at radius 2 is 1.76 bits per heavy atom. The first-order valence-corrected chi connectivity index (χ1v) is 11.7. The standard InChI is InChI=1S/C26H29N3O9/c1-35-20-10-4-15(11-21(20)36-2)3-9-19(31)16-5-7-18(8-6-16)37-14-17-12-29(28-27-17)26-25(34)24(33)23(32)22(13-30)38-26/h3-12,22-26,30,32-34H,13-14H2,1-2H3/b9-3+/t22-,23-,24+,25-,26-/m1/s1. The Bertz CT molecular complexity index is 1260. The molecule has 0 radical (unpaired) electrons. The van der Waals surface area contributed by atoms with Crippen LogP contribution in [0.5, 0.6) is 17.2 Å². The third-order valence-electron chi connectivity index (χ3n) is 6.05. The van der Waals surface area contributed by atoms with Gasteiger partial charge in [0.05, 0.1) is 27.0 Å². The van der Waals surface area contributed by atoms with Crippen molar-refractivity contribution < 1.29 is 44.2 Å². The molecule has 2 aromatic carbocycles. The SMILES string of the molecule is COc1ccc(/C=C/C(=O)c2ccc(OCc3cn([C@@H]4O[C@H](CO)[C@@H](O)[C@H](O)[C@H]4O)nn3)cc2)cc1OC. The fraction of sp³-hybridized carbons (Fsp3) is 0.346. The van der Waals surface area contributed by atoms with Crippen LogP contribution in [0.25, 0.3) is 6.08 Å². The van der Waals surface area contributed by atoms with E-state index in [0.29, 0.717) is 28.5 Å². The monoisotopic (exact) mass is 527 g/mol. The predicted molar refractivity (Wildman–Crippen MR) is 133 cm³/mol. The Kier molecular flexibility index (Phi) is 8.71. The lowest BCUT2D eigenvalue weighted by Gasteiger charge is -2.39. The van der Waals surface area contributed by atoms with Crippen LogP contribution in [0.1, 0.15) is 27.8 Å². The summed E-state index contributed by atoms with van der Waals surface area (Å²) in [5.74, 6) is 1.47. The molecule has 1 aliphatic rings. The van der Waals surface area contributed by atoms with Gasteiger partial charge in [-0.05, 0) is 48.0 Å². The Balaban J connectivity index is 1.34. The molecule has 1 fully saturated rings. The lowest BCUT2D eigenvalue weighted by molar-refractivity contribution is -0.254. The molecule has 5 atom stereocenters. The topological polar surface area (TPSA) is 166 Å². The highest BCUT2D eigenvalue weighted by Crippen LogP contribution is 2.29. The summed E-state index contributed by atoms with van der Waals surface area (Å²) < 4.78 is 22.8. The first kappa shape index (κ1) is 27.2. The van der Waals surface area contributed by atoms with E-state index in [1.54, 1.807) is 56.7 Å². The van der Waals surface area contributed by atoms with Crippen LogP contribution in [0.15, 0.2) is 54.7 Å². The largest absolute Gasteiger partial charge is 0.493 e. The highest BCUT2D eigenvalue weighted by molar-refractivity contribution is 6.06. The number of aromatic nitrogens is 3. The van der Waals surface area contributed by atoms with Gasteiger partial charge in [-0.2, -0.15) is 0 Å². The molecule has 12 heteroatoms. The van der Waals surface area contributed by atoms with Crippen LogP contribution in [-0.4, -0.2) is 86.4 Å². The molecule has 2 heterocycles. The summed E-state index contributed by atoms with van der Waals surface area (Å²) in [6.07, 6.45) is -2.06. The van der Waals surface area contributed by atoms with Gasteiger partial charge in [-0.3, -0.25) is 4.79 Å². The molecule has 1 aromatic heterocycles. The number of ketones is 1. The van der Waals surface area contributed by atoms with Gasteiger partial charge in [0.15, 0.2) is 23.5 Å². The van der Waals surface area contributed by atoms with Gasteiger partial charge in [0.1, 0.15) is 42.5 Å². The number of nitrogens with zero attached hydrogens (tertiary/aromatic N) is 3. The van der Waals surface area contributed by atoms with E-state index in [2.05, 4.69) is 10.3 Å². The number of methoxy groups -OCH3 is 2. The molecule has 0 bridgehead atoms. The fourth-order valence-corrected chi connectivity index (χ4v) is 3.90. The Hall–Kier alpha value is -3.81. The normalized spacial score (nSPS) is 23.4. The van der Waals surface area contributed by atoms with Crippen LogP contribution in [0, 0.1) is 0 Å². The van der Waals surface area contributed by atoms with Gasteiger partial charge >= 0.3 is 0 Å². The second-order valence-electron chi connectivity index (χ2n) is 8.53. The van der Waals surface area contributed by atoms with Crippen LogP contribution in [-0.2, 0) is 11.3 Å². The Morgan fingerprint density at radius 1 is 1.03 bits per heavy atom. The van der Waals surface area contributed by atoms with Gasteiger partial charge in [0, 0.05) is 5.56 Å². The van der Waals surface area contributed by atoms with Crippen LogP contribution < -0.4 is 14.2 Å². The van der Waals surface area contributed by atoms with E-state index in [1.807, 2.05) is 6.07 Å². The molecule has 4 rings (SSSR count). The smallest absolute Gasteiger partial charge is 0.185 e. The van der Waals surface area contributed by atoms with Crippen molar-refractivity contribution in [3.8, 4) is 17.2 Å². The van der Waals surface area contributed by atoms with Gasteiger partial charge < -0.3 is 39.4 Å². The third-order valence-corrected chi connectivity index (χ3v) is 6.05. The zero-order chi connectivity index (χ0) is 27.2. The maximum Gasteiger partial charge on any atom is 0.185 e. The second-order valence-corrected chi connectivity index (χ2v) is 8.53. The van der Waals surface area contributed by atoms with E-state index in [1.165, 1.54) is 17.0 Å². The number of carbonyl (C=O) groups excluding carboxylic acids is 1. The second kappa shape index (κ2) is 12.2. The summed E-state index contributed by atoms with van der Waals surface area (Å²) in [7, 11) is 3.10. The van der Waals surface area contributed by atoms with E-state index >= 15 is 0 Å². The number of rotatable bonds is 10. The first-order chi connectivity index (χ1) is 18.3. The van der Waals surface area contributed by atoms with Crippen molar-refractivity contribution in [2.75, 3.05) is 20.8 Å². The van der Waals surface area contributed by atoms with Gasteiger partial charge in [-0.25, -0.2) is 4.68 Å². The van der Waals surface area contributed by atoms with E-state index in [4.69, 9.17) is 18.9 Å². The molecular formula is C26H29N3O9. The van der Waals surface area contributed by atoms with Crippen molar-refractivity contribution >= 4 is 11.9 Å². The fourth-order valence-electron chi connectivity index (χ4n) is 3.90. The molecule has 38 heavy (non-hydrogen) atoms. The quantitative estimate of drug-likeness (QED) is 0.217. The van der Waals surface area contributed by atoms with E-state index in [-0.39, 0.29) is 12.4 Å². The van der Waals surface area contributed by atoms with Crippen molar-refractivity contribution in [3.05, 3.63) is 71.6 Å². The highest BCUT2D eigenvalue weighted by Gasteiger charge is 2.44. The average molecular weight is 528 g/mol. The lowest BCUT2D eigenvalue weighted by atomic mass is 9.98. The molecule has 3 aromatic rings. The molecule has 1 aliphatic heterocycles. The number of aliphatic hydroxyl groups is 4.